The summed E-state index contributed by atoms with van der Waals surface area (Å²) < 4.78 is 2.14. The van der Waals surface area contributed by atoms with Gasteiger partial charge in [0.25, 0.3) is 0 Å². The maximum Gasteiger partial charge on any atom is 0.303 e. The Labute approximate surface area is 133 Å². The van der Waals surface area contributed by atoms with Crippen molar-refractivity contribution in [1.29, 1.82) is 0 Å². The Morgan fingerprint density at radius 2 is 1.91 bits per heavy atom. The zero-order valence-electron chi connectivity index (χ0n) is 12.7. The van der Waals surface area contributed by atoms with Crippen molar-refractivity contribution in [3.63, 3.8) is 0 Å². The van der Waals surface area contributed by atoms with Gasteiger partial charge in [0.1, 0.15) is 5.82 Å². The lowest BCUT2D eigenvalue weighted by atomic mass is 10.1. The van der Waals surface area contributed by atoms with E-state index in [9.17, 15) is 9.59 Å². The highest BCUT2D eigenvalue weighted by atomic mass is 16.4. The van der Waals surface area contributed by atoms with Crippen LogP contribution in [-0.4, -0.2) is 31.7 Å². The molecule has 0 spiro atoms. The molecule has 7 nitrogen and oxygen atoms in total. The van der Waals surface area contributed by atoms with Crippen LogP contribution in [0.5, 0.6) is 0 Å². The molecule has 23 heavy (non-hydrogen) atoms. The molecule has 0 unspecified atom stereocenters. The molecule has 0 atom stereocenters. The number of carbonyl (C=O) groups excluding carboxylic acids is 1. The van der Waals surface area contributed by atoms with E-state index in [0.29, 0.717) is 5.69 Å². The van der Waals surface area contributed by atoms with Crippen molar-refractivity contribution in [2.75, 3.05) is 5.32 Å². The first-order chi connectivity index (χ1) is 11.1. The summed E-state index contributed by atoms with van der Waals surface area (Å²) in [5, 5.41) is 19.8. The summed E-state index contributed by atoms with van der Waals surface area (Å²) >= 11 is 0. The summed E-state index contributed by atoms with van der Waals surface area (Å²) in [6, 6.07) is 7.36. The van der Waals surface area contributed by atoms with Crippen molar-refractivity contribution < 1.29 is 14.7 Å². The third kappa shape index (κ3) is 3.56. The van der Waals surface area contributed by atoms with Gasteiger partial charge in [-0.1, -0.05) is 0 Å². The number of rotatable bonds is 5. The molecule has 1 aliphatic heterocycles. The molecule has 0 saturated heterocycles. The van der Waals surface area contributed by atoms with Gasteiger partial charge in [0.2, 0.25) is 5.91 Å². The minimum atomic E-state index is -0.980. The predicted octanol–water partition coefficient (Wildman–Crippen LogP) is 2.08. The SMILES string of the molecule is O=C(O)CCC(=O)Nc1ccc(-c2nnc3n2CCCC3)cc1. The first kappa shape index (κ1) is 15.2. The van der Waals surface area contributed by atoms with Crippen molar-refractivity contribution in [3.05, 3.63) is 30.1 Å². The monoisotopic (exact) mass is 314 g/mol. The molecule has 0 bridgehead atoms. The number of nitrogens with zero attached hydrogens (tertiary/aromatic N) is 3. The van der Waals surface area contributed by atoms with Crippen LogP contribution in [0.3, 0.4) is 0 Å². The summed E-state index contributed by atoms with van der Waals surface area (Å²) in [5.74, 6) is 0.591. The Hall–Kier alpha value is -2.70. The molecule has 7 heteroatoms. The van der Waals surface area contributed by atoms with Crippen LogP contribution in [-0.2, 0) is 22.6 Å². The van der Waals surface area contributed by atoms with Gasteiger partial charge in [0.15, 0.2) is 5.82 Å². The highest BCUT2D eigenvalue weighted by Crippen LogP contribution is 2.24. The van der Waals surface area contributed by atoms with E-state index in [-0.39, 0.29) is 18.7 Å². The fourth-order valence-corrected chi connectivity index (χ4v) is 2.67. The molecule has 2 N–H and O–H groups in total. The number of carboxylic acids is 1. The number of hydrogen-bond donors (Lipinski definition) is 2. The van der Waals surface area contributed by atoms with Crippen LogP contribution in [0.2, 0.25) is 0 Å². The van der Waals surface area contributed by atoms with Gasteiger partial charge in [0.05, 0.1) is 6.42 Å². The van der Waals surface area contributed by atoms with Crippen molar-refractivity contribution >= 4 is 17.6 Å². The van der Waals surface area contributed by atoms with E-state index in [0.717, 1.165) is 43.0 Å². The summed E-state index contributed by atoms with van der Waals surface area (Å²) in [5.41, 5.74) is 1.59. The summed E-state index contributed by atoms with van der Waals surface area (Å²) in [6.45, 7) is 0.936. The number of carboxylic acid groups (broad SMARTS) is 1. The number of hydrogen-bond acceptors (Lipinski definition) is 4. The van der Waals surface area contributed by atoms with Crippen LogP contribution in [0.25, 0.3) is 11.4 Å². The lowest BCUT2D eigenvalue weighted by Crippen LogP contribution is -2.13. The number of aryl methyl sites for hydroxylation is 1. The summed E-state index contributed by atoms with van der Waals surface area (Å²) in [7, 11) is 0. The number of benzene rings is 1. The van der Waals surface area contributed by atoms with E-state index in [1.807, 2.05) is 12.1 Å². The first-order valence-electron chi connectivity index (χ1n) is 7.67. The number of fused-ring (bicyclic) bond motifs is 1. The van der Waals surface area contributed by atoms with Crippen LogP contribution >= 0.6 is 0 Å². The fraction of sp³-hybridized carbons (Fsp3) is 0.375. The number of anilines is 1. The topological polar surface area (TPSA) is 97.1 Å². The Balaban J connectivity index is 1.69. The van der Waals surface area contributed by atoms with Gasteiger partial charge in [-0.25, -0.2) is 0 Å². The molecule has 0 fully saturated rings. The van der Waals surface area contributed by atoms with Gasteiger partial charge in [-0.2, -0.15) is 0 Å². The molecule has 1 aliphatic rings. The van der Waals surface area contributed by atoms with Gasteiger partial charge < -0.3 is 15.0 Å². The molecule has 0 aliphatic carbocycles. The summed E-state index contributed by atoms with van der Waals surface area (Å²) in [4.78, 5) is 22.1. The van der Waals surface area contributed by atoms with E-state index in [2.05, 4.69) is 20.1 Å². The second kappa shape index (κ2) is 6.60. The molecule has 1 aromatic carbocycles. The number of nitrogens with one attached hydrogen (secondary N) is 1. The molecular weight excluding hydrogens is 296 g/mol. The van der Waals surface area contributed by atoms with E-state index >= 15 is 0 Å². The molecule has 2 aromatic rings. The Bertz CT molecular complexity index is 721. The van der Waals surface area contributed by atoms with Crippen LogP contribution in [0, 0.1) is 0 Å². The molecule has 2 heterocycles. The van der Waals surface area contributed by atoms with Crippen molar-refractivity contribution in [3.8, 4) is 11.4 Å². The quantitative estimate of drug-likeness (QED) is 0.880. The Morgan fingerprint density at radius 3 is 2.65 bits per heavy atom. The molecule has 0 saturated carbocycles. The maximum absolute atomic E-state index is 11.6. The van der Waals surface area contributed by atoms with Crippen molar-refractivity contribution in [2.45, 2.75) is 38.6 Å². The number of amides is 1. The second-order valence-corrected chi connectivity index (χ2v) is 5.57. The van der Waals surface area contributed by atoms with E-state index in [4.69, 9.17) is 5.11 Å². The van der Waals surface area contributed by atoms with Gasteiger partial charge in [-0.3, -0.25) is 9.59 Å². The summed E-state index contributed by atoms with van der Waals surface area (Å²) in [6.07, 6.45) is 3.05. The molecule has 120 valence electrons. The van der Waals surface area contributed by atoms with Gasteiger partial charge in [-0.15, -0.1) is 10.2 Å². The predicted molar refractivity (Wildman–Crippen MR) is 83.9 cm³/mol. The second-order valence-electron chi connectivity index (χ2n) is 5.57. The molecule has 0 radical (unpaired) electrons. The van der Waals surface area contributed by atoms with Crippen molar-refractivity contribution in [2.24, 2.45) is 0 Å². The highest BCUT2D eigenvalue weighted by molar-refractivity contribution is 5.92. The third-order valence-corrected chi connectivity index (χ3v) is 3.85. The van der Waals surface area contributed by atoms with Crippen LogP contribution in [0.1, 0.15) is 31.5 Å². The van der Waals surface area contributed by atoms with E-state index in [1.54, 1.807) is 12.1 Å². The normalized spacial score (nSPS) is 13.4. The van der Waals surface area contributed by atoms with Gasteiger partial charge >= 0.3 is 5.97 Å². The molecule has 3 rings (SSSR count). The third-order valence-electron chi connectivity index (χ3n) is 3.85. The molecular formula is C16H18N4O3. The lowest BCUT2D eigenvalue weighted by Gasteiger charge is -2.14. The zero-order chi connectivity index (χ0) is 16.2. The lowest BCUT2D eigenvalue weighted by molar-refractivity contribution is -0.138. The molecule has 1 aromatic heterocycles. The smallest absolute Gasteiger partial charge is 0.303 e. The largest absolute Gasteiger partial charge is 0.481 e. The number of carbonyl (C=O) groups is 2. The van der Waals surface area contributed by atoms with Crippen LogP contribution < -0.4 is 5.32 Å². The Morgan fingerprint density at radius 1 is 1.13 bits per heavy atom. The fourth-order valence-electron chi connectivity index (χ4n) is 2.67. The molecule has 1 amide bonds. The highest BCUT2D eigenvalue weighted by Gasteiger charge is 2.16. The average Bonchev–Trinajstić information content (AvgIpc) is 2.98. The standard InChI is InChI=1S/C16H18N4O3/c21-14(8-9-15(22)23)17-12-6-4-11(5-7-12)16-19-18-13-3-1-2-10-20(13)16/h4-7H,1-3,8-10H2,(H,17,21)(H,22,23). The average molecular weight is 314 g/mol. The van der Waals surface area contributed by atoms with Crippen molar-refractivity contribution in [1.82, 2.24) is 14.8 Å². The van der Waals surface area contributed by atoms with E-state index < -0.39 is 5.97 Å². The van der Waals surface area contributed by atoms with E-state index in [1.165, 1.54) is 0 Å². The number of aliphatic carboxylic acids is 1. The van der Waals surface area contributed by atoms with Gasteiger partial charge in [-0.05, 0) is 37.1 Å². The Kier molecular flexibility index (Phi) is 4.36. The minimum Gasteiger partial charge on any atom is -0.481 e. The first-order valence-corrected chi connectivity index (χ1v) is 7.67. The van der Waals surface area contributed by atoms with Gasteiger partial charge in [0, 0.05) is 30.6 Å². The zero-order valence-corrected chi connectivity index (χ0v) is 12.7. The minimum absolute atomic E-state index is 0.0330. The number of aromatic nitrogens is 3. The maximum atomic E-state index is 11.6. The van der Waals surface area contributed by atoms with Crippen LogP contribution in [0.15, 0.2) is 24.3 Å². The van der Waals surface area contributed by atoms with Crippen LogP contribution in [0.4, 0.5) is 5.69 Å².